The Balaban J connectivity index is 2.27. The van der Waals surface area contributed by atoms with Crippen LogP contribution in [0.2, 0.25) is 0 Å². The second-order valence-corrected chi connectivity index (χ2v) is 7.40. The molecule has 0 aromatic heterocycles. The molecule has 1 amide bonds. The van der Waals surface area contributed by atoms with Gasteiger partial charge in [-0.25, -0.2) is 0 Å². The first-order chi connectivity index (χ1) is 12.2. The molecule has 1 aromatic rings. The van der Waals surface area contributed by atoms with Crippen molar-refractivity contribution in [3.05, 3.63) is 38.8 Å². The Morgan fingerprint density at radius 1 is 1.46 bits per heavy atom. The van der Waals surface area contributed by atoms with Gasteiger partial charge in [-0.2, -0.15) is 0 Å². The summed E-state index contributed by atoms with van der Waals surface area (Å²) >= 11 is 6.22. The number of carbonyl (C=O) groups is 2. The molecule has 0 atom stereocenters. The van der Waals surface area contributed by atoms with Gasteiger partial charge in [0.25, 0.3) is 11.6 Å². The highest BCUT2D eigenvalue weighted by atomic mass is 32.2. The number of thioether (sulfide) groups is 1. The topological polar surface area (TPSA) is 104 Å². The fraction of sp³-hybridized carbons (Fsp3) is 0.312. The van der Waals surface area contributed by atoms with Crippen LogP contribution in [0, 0.1) is 10.1 Å². The highest BCUT2D eigenvalue weighted by molar-refractivity contribution is 8.26. The lowest BCUT2D eigenvalue weighted by atomic mass is 10.1. The van der Waals surface area contributed by atoms with E-state index in [1.165, 1.54) is 17.0 Å². The predicted molar refractivity (Wildman–Crippen MR) is 104 cm³/mol. The largest absolute Gasteiger partial charge is 0.481 e. The number of thiocarbonyl (C=S) groups is 1. The molecule has 138 valence electrons. The third-order valence-electron chi connectivity index (χ3n) is 3.66. The van der Waals surface area contributed by atoms with Gasteiger partial charge >= 0.3 is 5.97 Å². The molecule has 26 heavy (non-hydrogen) atoms. The molecule has 0 bridgehead atoms. The van der Waals surface area contributed by atoms with E-state index in [1.807, 2.05) is 0 Å². The molecule has 10 heteroatoms. The highest BCUT2D eigenvalue weighted by Crippen LogP contribution is 2.35. The first kappa shape index (κ1) is 19.9. The maximum atomic E-state index is 12.5. The van der Waals surface area contributed by atoms with Crippen LogP contribution in [0.15, 0.2) is 23.1 Å². The van der Waals surface area contributed by atoms with Gasteiger partial charge in [0.15, 0.2) is 0 Å². The van der Waals surface area contributed by atoms with E-state index in [9.17, 15) is 19.7 Å². The van der Waals surface area contributed by atoms with Crippen molar-refractivity contribution in [1.82, 2.24) is 4.90 Å². The number of benzene rings is 1. The summed E-state index contributed by atoms with van der Waals surface area (Å²) in [5, 5.41) is 20.0. The maximum Gasteiger partial charge on any atom is 0.303 e. The van der Waals surface area contributed by atoms with Crippen LogP contribution in [0.25, 0.3) is 6.08 Å². The van der Waals surface area contributed by atoms with Crippen LogP contribution in [-0.4, -0.2) is 51.8 Å². The Kier molecular flexibility index (Phi) is 6.32. The lowest BCUT2D eigenvalue weighted by Crippen LogP contribution is -2.29. The zero-order valence-corrected chi connectivity index (χ0v) is 15.8. The summed E-state index contributed by atoms with van der Waals surface area (Å²) in [6.07, 6.45) is 1.67. The zero-order valence-electron chi connectivity index (χ0n) is 14.2. The van der Waals surface area contributed by atoms with Crippen molar-refractivity contribution in [2.75, 3.05) is 25.5 Å². The van der Waals surface area contributed by atoms with Crippen molar-refractivity contribution >= 4 is 57.6 Å². The minimum absolute atomic E-state index is 0.0619. The zero-order chi connectivity index (χ0) is 19.4. The number of carboxylic acids is 1. The second kappa shape index (κ2) is 8.28. The van der Waals surface area contributed by atoms with E-state index in [2.05, 4.69) is 0 Å². The van der Waals surface area contributed by atoms with E-state index < -0.39 is 10.9 Å². The molecular formula is C16H17N3O5S2. The van der Waals surface area contributed by atoms with E-state index in [1.54, 1.807) is 31.1 Å². The standard InChI is InChI=1S/C16H17N3O5S2/c1-17(2)11-6-5-10(12(9-11)19(23)24)8-13-15(22)18(16(25)26-13)7-3-4-14(20)21/h5-6,8-9H,3-4,7H2,1-2H3,(H,20,21). The Morgan fingerprint density at radius 2 is 2.15 bits per heavy atom. The van der Waals surface area contributed by atoms with E-state index in [0.29, 0.717) is 15.6 Å². The second-order valence-electron chi connectivity index (χ2n) is 5.73. The van der Waals surface area contributed by atoms with Gasteiger partial charge in [0.2, 0.25) is 0 Å². The summed E-state index contributed by atoms with van der Waals surface area (Å²) < 4.78 is 0.319. The van der Waals surface area contributed by atoms with Crippen molar-refractivity contribution in [3.63, 3.8) is 0 Å². The lowest BCUT2D eigenvalue weighted by Gasteiger charge is -2.13. The van der Waals surface area contributed by atoms with E-state index >= 15 is 0 Å². The van der Waals surface area contributed by atoms with E-state index in [4.69, 9.17) is 17.3 Å². The molecule has 1 N–H and O–H groups in total. The summed E-state index contributed by atoms with van der Waals surface area (Å²) in [5.74, 6) is -1.31. The van der Waals surface area contributed by atoms with E-state index in [-0.39, 0.29) is 35.9 Å². The first-order valence-corrected chi connectivity index (χ1v) is 8.86. The molecule has 1 aliphatic heterocycles. The van der Waals surface area contributed by atoms with Crippen molar-refractivity contribution in [1.29, 1.82) is 0 Å². The Morgan fingerprint density at radius 3 is 2.73 bits per heavy atom. The maximum absolute atomic E-state index is 12.5. The van der Waals surface area contributed by atoms with Crippen molar-refractivity contribution in [3.8, 4) is 0 Å². The van der Waals surface area contributed by atoms with E-state index in [0.717, 1.165) is 11.8 Å². The van der Waals surface area contributed by atoms with Gasteiger partial charge in [-0.1, -0.05) is 24.0 Å². The number of carbonyl (C=O) groups excluding carboxylic acids is 1. The predicted octanol–water partition coefficient (Wildman–Crippen LogP) is 2.73. The van der Waals surface area contributed by atoms with Crippen LogP contribution in [0.4, 0.5) is 11.4 Å². The van der Waals surface area contributed by atoms with Crippen LogP contribution < -0.4 is 4.90 Å². The molecule has 1 aliphatic rings. The molecule has 1 fully saturated rings. The molecule has 0 aliphatic carbocycles. The minimum atomic E-state index is -0.942. The molecule has 0 saturated carbocycles. The molecular weight excluding hydrogens is 378 g/mol. The fourth-order valence-electron chi connectivity index (χ4n) is 2.31. The third kappa shape index (κ3) is 4.58. The van der Waals surface area contributed by atoms with Gasteiger partial charge in [0.1, 0.15) is 4.32 Å². The molecule has 1 saturated heterocycles. The molecule has 0 radical (unpaired) electrons. The van der Waals surface area contributed by atoms with Gasteiger partial charge in [-0.05, 0) is 24.6 Å². The number of nitro benzene ring substituents is 1. The van der Waals surface area contributed by atoms with Crippen LogP contribution >= 0.6 is 24.0 Å². The van der Waals surface area contributed by atoms with Gasteiger partial charge in [-0.3, -0.25) is 24.6 Å². The average molecular weight is 395 g/mol. The quantitative estimate of drug-likeness (QED) is 0.325. The van der Waals surface area contributed by atoms with Crippen molar-refractivity contribution in [2.24, 2.45) is 0 Å². The Hall–Kier alpha value is -2.46. The van der Waals surface area contributed by atoms with Gasteiger partial charge < -0.3 is 10.0 Å². The van der Waals surface area contributed by atoms with Gasteiger partial charge in [0.05, 0.1) is 15.4 Å². The molecule has 1 heterocycles. The third-order valence-corrected chi connectivity index (χ3v) is 5.04. The number of aliphatic carboxylic acids is 1. The first-order valence-electron chi connectivity index (χ1n) is 7.63. The summed E-state index contributed by atoms with van der Waals surface area (Å²) in [6, 6.07) is 4.76. The summed E-state index contributed by atoms with van der Waals surface area (Å²) in [7, 11) is 3.56. The molecule has 2 rings (SSSR count). The van der Waals surface area contributed by atoms with Gasteiger partial charge in [-0.15, -0.1) is 0 Å². The summed E-state index contributed by atoms with van der Waals surface area (Å²) in [5.41, 5.74) is 0.883. The number of amides is 1. The van der Waals surface area contributed by atoms with Crippen LogP contribution in [0.1, 0.15) is 18.4 Å². The summed E-state index contributed by atoms with van der Waals surface area (Å²) in [4.78, 5) is 37.3. The molecule has 0 spiro atoms. The van der Waals surface area contributed by atoms with Crippen molar-refractivity contribution < 1.29 is 19.6 Å². The number of nitro groups is 1. The molecule has 0 unspecified atom stereocenters. The van der Waals surface area contributed by atoms with Gasteiger partial charge in [0, 0.05) is 38.8 Å². The number of hydrogen-bond acceptors (Lipinski definition) is 7. The number of nitrogens with zero attached hydrogens (tertiary/aromatic N) is 3. The average Bonchev–Trinajstić information content (AvgIpc) is 2.82. The highest BCUT2D eigenvalue weighted by Gasteiger charge is 2.32. The number of hydrogen-bond donors (Lipinski definition) is 1. The van der Waals surface area contributed by atoms with Crippen molar-refractivity contribution in [2.45, 2.75) is 12.8 Å². The SMILES string of the molecule is CN(C)c1ccc(C=C2SC(=S)N(CCCC(=O)O)C2=O)c([N+](=O)[O-])c1. The number of anilines is 1. The number of carboxylic acid groups (broad SMARTS) is 1. The minimum Gasteiger partial charge on any atom is -0.481 e. The Labute approximate surface area is 159 Å². The van der Waals surface area contributed by atoms with Crippen LogP contribution in [0.3, 0.4) is 0 Å². The lowest BCUT2D eigenvalue weighted by molar-refractivity contribution is -0.385. The Bertz CT molecular complexity index is 807. The fourth-order valence-corrected chi connectivity index (χ4v) is 3.61. The smallest absolute Gasteiger partial charge is 0.303 e. The van der Waals surface area contributed by atoms with Crippen LogP contribution in [-0.2, 0) is 9.59 Å². The monoisotopic (exact) mass is 395 g/mol. The molecule has 8 nitrogen and oxygen atoms in total. The van der Waals surface area contributed by atoms with Crippen LogP contribution in [0.5, 0.6) is 0 Å². The normalized spacial score (nSPS) is 15.6. The number of rotatable bonds is 7. The molecule has 1 aromatic carbocycles. The summed E-state index contributed by atoms with van der Waals surface area (Å²) in [6.45, 7) is 0.204.